The summed E-state index contributed by atoms with van der Waals surface area (Å²) in [5.41, 5.74) is 1.79. The number of aryl methyl sites for hydroxylation is 1. The summed E-state index contributed by atoms with van der Waals surface area (Å²) >= 11 is 0. The molecule has 0 aliphatic heterocycles. The SMILES string of the molecule is [C]c1ccc(C)cc1. The summed E-state index contributed by atoms with van der Waals surface area (Å²) < 4.78 is 0. The van der Waals surface area contributed by atoms with Crippen LogP contribution in [0.5, 0.6) is 0 Å². The van der Waals surface area contributed by atoms with Crippen LogP contribution in [0.15, 0.2) is 24.3 Å². The second-order valence-electron chi connectivity index (χ2n) is 1.87. The Hall–Kier alpha value is -0.780. The van der Waals surface area contributed by atoms with Gasteiger partial charge in [0.15, 0.2) is 0 Å². The van der Waals surface area contributed by atoms with Gasteiger partial charge in [-0.15, -0.1) is 0 Å². The third-order valence-corrected chi connectivity index (χ3v) is 1.05. The first-order chi connectivity index (χ1) is 3.79. The Kier molecular flexibility index (Phi) is 1.34. The van der Waals surface area contributed by atoms with E-state index in [4.69, 9.17) is 6.92 Å². The van der Waals surface area contributed by atoms with Gasteiger partial charge in [-0.25, -0.2) is 0 Å². The predicted molar refractivity (Wildman–Crippen MR) is 33.5 cm³/mol. The standard InChI is InChI=1S/C8H7/c1-7-3-5-8(2)6-4-7/h3-6H,1H3. The average molecular weight is 103 g/mol. The van der Waals surface area contributed by atoms with Gasteiger partial charge in [0.05, 0.1) is 0 Å². The molecule has 3 radical (unpaired) electrons. The fraction of sp³-hybridized carbons (Fsp3) is 0.125. The van der Waals surface area contributed by atoms with Crippen molar-refractivity contribution in [3.63, 3.8) is 0 Å². The van der Waals surface area contributed by atoms with Gasteiger partial charge in [-0.3, -0.25) is 0 Å². The van der Waals surface area contributed by atoms with Crippen molar-refractivity contribution >= 4 is 0 Å². The van der Waals surface area contributed by atoms with E-state index in [1.54, 1.807) is 12.1 Å². The molecule has 0 saturated heterocycles. The van der Waals surface area contributed by atoms with Crippen LogP contribution in [0, 0.1) is 13.8 Å². The lowest BCUT2D eigenvalue weighted by atomic mass is 10.2. The maximum absolute atomic E-state index is 7.09. The highest BCUT2D eigenvalue weighted by molar-refractivity contribution is 5.22. The molecule has 0 heteroatoms. The molecule has 1 aromatic rings. The second-order valence-corrected chi connectivity index (χ2v) is 1.87. The van der Waals surface area contributed by atoms with Gasteiger partial charge in [-0.2, -0.15) is 0 Å². The molecule has 0 nitrogen and oxygen atoms in total. The molecule has 0 fully saturated rings. The first kappa shape index (κ1) is 5.36. The zero-order valence-electron chi connectivity index (χ0n) is 4.81. The lowest BCUT2D eigenvalue weighted by Crippen LogP contribution is -1.70. The van der Waals surface area contributed by atoms with Crippen molar-refractivity contribution < 1.29 is 0 Å². The highest BCUT2D eigenvalue weighted by Crippen LogP contribution is 1.99. The van der Waals surface area contributed by atoms with Crippen LogP contribution in [-0.4, -0.2) is 0 Å². The van der Waals surface area contributed by atoms with Gasteiger partial charge >= 0.3 is 0 Å². The minimum Gasteiger partial charge on any atom is -0.0590 e. The van der Waals surface area contributed by atoms with Crippen molar-refractivity contribution in [1.29, 1.82) is 0 Å². The van der Waals surface area contributed by atoms with E-state index in [9.17, 15) is 0 Å². The molecular formula is C8H7. The summed E-state index contributed by atoms with van der Waals surface area (Å²) in [7, 11) is 0. The Morgan fingerprint density at radius 1 is 1.12 bits per heavy atom. The topological polar surface area (TPSA) is 0 Å². The smallest absolute Gasteiger partial charge is 0.0299 e. The Morgan fingerprint density at radius 3 is 2.00 bits per heavy atom. The van der Waals surface area contributed by atoms with Gasteiger partial charge in [0, 0.05) is 6.92 Å². The van der Waals surface area contributed by atoms with E-state index in [0.29, 0.717) is 5.56 Å². The van der Waals surface area contributed by atoms with E-state index in [2.05, 4.69) is 0 Å². The monoisotopic (exact) mass is 103 g/mol. The zero-order valence-corrected chi connectivity index (χ0v) is 4.81. The van der Waals surface area contributed by atoms with Crippen LogP contribution >= 0.6 is 0 Å². The quantitative estimate of drug-likeness (QED) is 0.470. The summed E-state index contributed by atoms with van der Waals surface area (Å²) in [6.07, 6.45) is 0. The Labute approximate surface area is 50.2 Å². The second kappa shape index (κ2) is 1.99. The van der Waals surface area contributed by atoms with Gasteiger partial charge in [-0.1, -0.05) is 29.8 Å². The Balaban J connectivity index is 3.03. The fourth-order valence-electron chi connectivity index (χ4n) is 0.554. The molecule has 1 aromatic carbocycles. The molecule has 0 heterocycles. The Bertz CT molecular complexity index is 139. The molecule has 0 amide bonds. The van der Waals surface area contributed by atoms with Gasteiger partial charge in [0.25, 0.3) is 0 Å². The third kappa shape index (κ3) is 1.09. The van der Waals surface area contributed by atoms with Crippen LogP contribution in [0.4, 0.5) is 0 Å². The van der Waals surface area contributed by atoms with E-state index in [1.807, 2.05) is 19.1 Å². The molecule has 0 saturated carbocycles. The highest BCUT2D eigenvalue weighted by atomic mass is 13.9. The van der Waals surface area contributed by atoms with Crippen LogP contribution in [0.2, 0.25) is 0 Å². The van der Waals surface area contributed by atoms with E-state index < -0.39 is 0 Å². The van der Waals surface area contributed by atoms with E-state index in [-0.39, 0.29) is 0 Å². The maximum Gasteiger partial charge on any atom is 0.0299 e. The number of hydrogen-bond donors (Lipinski definition) is 0. The van der Waals surface area contributed by atoms with Crippen molar-refractivity contribution in [2.24, 2.45) is 0 Å². The van der Waals surface area contributed by atoms with Gasteiger partial charge < -0.3 is 0 Å². The van der Waals surface area contributed by atoms with Gasteiger partial charge in [0.2, 0.25) is 0 Å². The molecule has 0 unspecified atom stereocenters. The number of rotatable bonds is 0. The number of hydrogen-bond acceptors (Lipinski definition) is 0. The maximum atomic E-state index is 7.09. The van der Waals surface area contributed by atoms with Crippen molar-refractivity contribution in [3.05, 3.63) is 42.3 Å². The minimum absolute atomic E-state index is 0.579. The molecule has 0 spiro atoms. The van der Waals surface area contributed by atoms with Crippen LogP contribution in [0.25, 0.3) is 0 Å². The number of benzene rings is 1. The largest absolute Gasteiger partial charge is 0.0590 e. The van der Waals surface area contributed by atoms with Crippen molar-refractivity contribution in [1.82, 2.24) is 0 Å². The molecule has 0 aliphatic rings. The third-order valence-electron chi connectivity index (χ3n) is 1.05. The molecule has 8 heavy (non-hydrogen) atoms. The molecule has 1 rings (SSSR count). The normalized spacial score (nSPS) is 9.25. The first-order valence-corrected chi connectivity index (χ1v) is 2.57. The lowest BCUT2D eigenvalue weighted by molar-refractivity contribution is 1.45. The van der Waals surface area contributed by atoms with Gasteiger partial charge in [0.1, 0.15) is 0 Å². The predicted octanol–water partition coefficient (Wildman–Crippen LogP) is 1.93. The van der Waals surface area contributed by atoms with Crippen LogP contribution in [-0.2, 0) is 0 Å². The first-order valence-electron chi connectivity index (χ1n) is 2.57. The van der Waals surface area contributed by atoms with Crippen molar-refractivity contribution in [3.8, 4) is 0 Å². The fourth-order valence-corrected chi connectivity index (χ4v) is 0.554. The molecular weight excluding hydrogens is 96.1 g/mol. The van der Waals surface area contributed by atoms with Crippen LogP contribution < -0.4 is 0 Å². The van der Waals surface area contributed by atoms with E-state index in [0.717, 1.165) is 0 Å². The van der Waals surface area contributed by atoms with E-state index in [1.165, 1.54) is 5.56 Å². The van der Waals surface area contributed by atoms with E-state index >= 15 is 0 Å². The highest BCUT2D eigenvalue weighted by Gasteiger charge is 1.80. The summed E-state index contributed by atoms with van der Waals surface area (Å²) in [5, 5.41) is 0. The zero-order chi connectivity index (χ0) is 5.98. The Morgan fingerprint density at radius 2 is 1.62 bits per heavy atom. The van der Waals surface area contributed by atoms with Crippen LogP contribution in [0.1, 0.15) is 11.1 Å². The summed E-state index contributed by atoms with van der Waals surface area (Å²) in [6, 6.07) is 7.44. The summed E-state index contributed by atoms with van der Waals surface area (Å²) in [6.45, 7) is 9.10. The summed E-state index contributed by atoms with van der Waals surface area (Å²) in [4.78, 5) is 0. The molecule has 0 bridgehead atoms. The molecule has 0 N–H and O–H groups in total. The van der Waals surface area contributed by atoms with Crippen LogP contribution in [0.3, 0.4) is 0 Å². The van der Waals surface area contributed by atoms with Crippen molar-refractivity contribution in [2.75, 3.05) is 0 Å². The molecule has 39 valence electrons. The molecule has 0 aromatic heterocycles. The van der Waals surface area contributed by atoms with Crippen molar-refractivity contribution in [2.45, 2.75) is 6.92 Å². The summed E-state index contributed by atoms with van der Waals surface area (Å²) in [5.74, 6) is 0. The van der Waals surface area contributed by atoms with Gasteiger partial charge in [-0.05, 0) is 12.5 Å². The molecule has 0 atom stereocenters. The lowest BCUT2D eigenvalue weighted by Gasteiger charge is -1.89. The molecule has 0 aliphatic carbocycles. The average Bonchev–Trinajstić information content (AvgIpc) is 1.77. The minimum atomic E-state index is 0.579.